The van der Waals surface area contributed by atoms with E-state index in [0.717, 1.165) is 28.7 Å². The third kappa shape index (κ3) is 2.53. The van der Waals surface area contributed by atoms with Gasteiger partial charge < -0.3 is 0 Å². The van der Waals surface area contributed by atoms with Crippen molar-refractivity contribution in [3.8, 4) is 17.2 Å². The van der Waals surface area contributed by atoms with Crippen LogP contribution in [0.3, 0.4) is 0 Å². The van der Waals surface area contributed by atoms with Crippen LogP contribution in [0.15, 0.2) is 42.5 Å². The molecule has 1 nitrogen and oxygen atoms in total. The Morgan fingerprint density at radius 1 is 1.05 bits per heavy atom. The van der Waals surface area contributed by atoms with E-state index in [-0.39, 0.29) is 0 Å². The van der Waals surface area contributed by atoms with E-state index in [1.807, 2.05) is 18.2 Å². The summed E-state index contributed by atoms with van der Waals surface area (Å²) in [5.41, 5.74) is 5.46. The Kier molecular flexibility index (Phi) is 4.02. The monoisotopic (exact) mass is 249 g/mol. The zero-order valence-electron chi connectivity index (χ0n) is 11.8. The van der Waals surface area contributed by atoms with Crippen LogP contribution in [-0.2, 0) is 6.42 Å². The number of rotatable bonds is 3. The number of nitrogens with zero attached hydrogens (tertiary/aromatic N) is 1. The van der Waals surface area contributed by atoms with E-state index >= 15 is 0 Å². The standard InChI is InChI=1S/C18H19N/c1-4-14-10-11-16(13(2)3)18(17(14)12-19)15-8-6-5-7-9-15/h5-11,13H,4H2,1-3H3. The molecule has 1 heteroatoms. The number of hydrogen-bond donors (Lipinski definition) is 0. The molecular weight excluding hydrogens is 230 g/mol. The average molecular weight is 249 g/mol. The second-order valence-electron chi connectivity index (χ2n) is 5.05. The van der Waals surface area contributed by atoms with Crippen molar-refractivity contribution in [3.63, 3.8) is 0 Å². The van der Waals surface area contributed by atoms with Gasteiger partial charge in [0.15, 0.2) is 0 Å². The average Bonchev–Trinajstić information content (AvgIpc) is 2.46. The summed E-state index contributed by atoms with van der Waals surface area (Å²) in [4.78, 5) is 0. The molecule has 0 saturated carbocycles. The van der Waals surface area contributed by atoms with Gasteiger partial charge in [0, 0.05) is 5.56 Å². The number of hydrogen-bond acceptors (Lipinski definition) is 1. The highest BCUT2D eigenvalue weighted by molar-refractivity contribution is 5.76. The van der Waals surface area contributed by atoms with Crippen molar-refractivity contribution in [2.24, 2.45) is 0 Å². The van der Waals surface area contributed by atoms with Crippen LogP contribution in [0.25, 0.3) is 11.1 Å². The Labute approximate surface area is 115 Å². The van der Waals surface area contributed by atoms with E-state index in [9.17, 15) is 5.26 Å². The minimum atomic E-state index is 0.410. The maximum Gasteiger partial charge on any atom is 0.100 e. The first-order chi connectivity index (χ1) is 9.19. The zero-order valence-corrected chi connectivity index (χ0v) is 11.8. The third-order valence-corrected chi connectivity index (χ3v) is 3.50. The fourth-order valence-electron chi connectivity index (χ4n) is 2.48. The molecule has 2 aromatic carbocycles. The Balaban J connectivity index is 2.78. The minimum Gasteiger partial charge on any atom is -0.192 e. The normalized spacial score (nSPS) is 10.5. The molecule has 2 rings (SSSR count). The first-order valence-corrected chi connectivity index (χ1v) is 6.80. The van der Waals surface area contributed by atoms with Crippen LogP contribution in [0.1, 0.15) is 43.4 Å². The molecule has 0 aliphatic heterocycles. The lowest BCUT2D eigenvalue weighted by Gasteiger charge is -2.17. The molecule has 0 saturated heterocycles. The highest BCUT2D eigenvalue weighted by Crippen LogP contribution is 2.34. The van der Waals surface area contributed by atoms with E-state index in [0.29, 0.717) is 5.92 Å². The quantitative estimate of drug-likeness (QED) is 0.758. The molecular formula is C18H19N. The lowest BCUT2D eigenvalue weighted by Crippen LogP contribution is -1.99. The molecule has 0 atom stereocenters. The maximum atomic E-state index is 9.55. The van der Waals surface area contributed by atoms with Crippen LogP contribution in [-0.4, -0.2) is 0 Å². The summed E-state index contributed by atoms with van der Waals surface area (Å²) in [5, 5.41) is 9.55. The largest absolute Gasteiger partial charge is 0.192 e. The van der Waals surface area contributed by atoms with E-state index in [4.69, 9.17) is 0 Å². The number of aryl methyl sites for hydroxylation is 1. The number of nitriles is 1. The van der Waals surface area contributed by atoms with E-state index in [2.05, 4.69) is 51.1 Å². The summed E-state index contributed by atoms with van der Waals surface area (Å²) in [6, 6.07) is 16.9. The van der Waals surface area contributed by atoms with Crippen LogP contribution in [0.2, 0.25) is 0 Å². The third-order valence-electron chi connectivity index (χ3n) is 3.50. The predicted octanol–water partition coefficient (Wildman–Crippen LogP) is 4.91. The first-order valence-electron chi connectivity index (χ1n) is 6.80. The highest BCUT2D eigenvalue weighted by atomic mass is 14.3. The Bertz CT molecular complexity index is 604. The molecule has 0 bridgehead atoms. The molecule has 0 heterocycles. The lowest BCUT2D eigenvalue weighted by atomic mass is 9.86. The van der Waals surface area contributed by atoms with Gasteiger partial charge >= 0.3 is 0 Å². The second kappa shape index (κ2) is 5.71. The SMILES string of the molecule is CCc1ccc(C(C)C)c(-c2ccccc2)c1C#N. The van der Waals surface area contributed by atoms with Gasteiger partial charge in [0.25, 0.3) is 0 Å². The molecule has 0 unspecified atom stereocenters. The zero-order chi connectivity index (χ0) is 13.8. The summed E-state index contributed by atoms with van der Waals surface area (Å²) < 4.78 is 0. The van der Waals surface area contributed by atoms with Crippen molar-refractivity contribution in [1.29, 1.82) is 5.26 Å². The van der Waals surface area contributed by atoms with Gasteiger partial charge in [-0.05, 0) is 29.0 Å². The van der Waals surface area contributed by atoms with E-state index in [1.165, 1.54) is 5.56 Å². The van der Waals surface area contributed by atoms with Gasteiger partial charge in [0.1, 0.15) is 6.07 Å². The lowest BCUT2D eigenvalue weighted by molar-refractivity contribution is 0.866. The van der Waals surface area contributed by atoms with E-state index in [1.54, 1.807) is 0 Å². The molecule has 0 spiro atoms. The Morgan fingerprint density at radius 3 is 2.26 bits per heavy atom. The molecule has 96 valence electrons. The van der Waals surface area contributed by atoms with Crippen molar-refractivity contribution < 1.29 is 0 Å². The first kappa shape index (κ1) is 13.4. The smallest absolute Gasteiger partial charge is 0.100 e. The molecule has 0 amide bonds. The minimum absolute atomic E-state index is 0.410. The summed E-state index contributed by atoms with van der Waals surface area (Å²) in [6.45, 7) is 6.45. The van der Waals surface area contributed by atoms with Gasteiger partial charge in [0.2, 0.25) is 0 Å². The summed E-state index contributed by atoms with van der Waals surface area (Å²) in [7, 11) is 0. The highest BCUT2D eigenvalue weighted by Gasteiger charge is 2.15. The molecule has 2 aromatic rings. The molecule has 0 aliphatic carbocycles. The molecule has 0 aliphatic rings. The number of benzene rings is 2. The van der Waals surface area contributed by atoms with Gasteiger partial charge in [-0.25, -0.2) is 0 Å². The molecule has 0 fully saturated rings. The van der Waals surface area contributed by atoms with Gasteiger partial charge in [-0.3, -0.25) is 0 Å². The van der Waals surface area contributed by atoms with E-state index < -0.39 is 0 Å². The van der Waals surface area contributed by atoms with Crippen LogP contribution in [0.4, 0.5) is 0 Å². The fourth-order valence-corrected chi connectivity index (χ4v) is 2.48. The van der Waals surface area contributed by atoms with Crippen molar-refractivity contribution in [1.82, 2.24) is 0 Å². The molecule has 0 radical (unpaired) electrons. The van der Waals surface area contributed by atoms with Crippen molar-refractivity contribution in [3.05, 3.63) is 59.2 Å². The van der Waals surface area contributed by atoms with Gasteiger partial charge in [-0.1, -0.05) is 63.2 Å². The van der Waals surface area contributed by atoms with Crippen LogP contribution >= 0.6 is 0 Å². The Morgan fingerprint density at radius 2 is 1.74 bits per heavy atom. The fraction of sp³-hybridized carbons (Fsp3) is 0.278. The van der Waals surface area contributed by atoms with Crippen LogP contribution in [0, 0.1) is 11.3 Å². The van der Waals surface area contributed by atoms with Gasteiger partial charge in [-0.15, -0.1) is 0 Å². The molecule has 19 heavy (non-hydrogen) atoms. The van der Waals surface area contributed by atoms with Gasteiger partial charge in [0.05, 0.1) is 5.56 Å². The predicted molar refractivity (Wildman–Crippen MR) is 80.1 cm³/mol. The van der Waals surface area contributed by atoms with Crippen LogP contribution < -0.4 is 0 Å². The second-order valence-corrected chi connectivity index (χ2v) is 5.05. The Hall–Kier alpha value is -2.07. The molecule has 0 aromatic heterocycles. The van der Waals surface area contributed by atoms with Crippen molar-refractivity contribution >= 4 is 0 Å². The van der Waals surface area contributed by atoms with Gasteiger partial charge in [-0.2, -0.15) is 5.26 Å². The summed E-state index contributed by atoms with van der Waals surface area (Å²) in [6.07, 6.45) is 0.890. The maximum absolute atomic E-state index is 9.55. The molecule has 0 N–H and O–H groups in total. The van der Waals surface area contributed by atoms with Crippen molar-refractivity contribution in [2.45, 2.75) is 33.1 Å². The summed E-state index contributed by atoms with van der Waals surface area (Å²) in [5.74, 6) is 0.410. The van der Waals surface area contributed by atoms with Crippen LogP contribution in [0.5, 0.6) is 0 Å². The van der Waals surface area contributed by atoms with Crippen molar-refractivity contribution in [2.75, 3.05) is 0 Å². The summed E-state index contributed by atoms with van der Waals surface area (Å²) >= 11 is 0. The topological polar surface area (TPSA) is 23.8 Å².